The molecule has 0 atom stereocenters. The zero-order valence-electron chi connectivity index (χ0n) is 13.6. The monoisotopic (exact) mass is 507 g/mol. The molecule has 0 aliphatic rings. The Labute approximate surface area is 168 Å². The van der Waals surface area contributed by atoms with E-state index >= 15 is 0 Å². The lowest BCUT2D eigenvalue weighted by Crippen LogP contribution is -2.37. The molecule has 0 spiro atoms. The largest absolute Gasteiger partial charge is 0.467 e. The van der Waals surface area contributed by atoms with Crippen LogP contribution in [0.2, 0.25) is 0 Å². The van der Waals surface area contributed by atoms with E-state index in [9.17, 15) is 0 Å². The fraction of sp³-hybridized carbons (Fsp3) is 0.353. The van der Waals surface area contributed by atoms with E-state index < -0.39 is 0 Å². The number of nitrogens with zero attached hydrogens (tertiary/aromatic N) is 1. The zero-order valence-corrected chi connectivity index (χ0v) is 17.5. The van der Waals surface area contributed by atoms with Crippen LogP contribution in [0.1, 0.15) is 17.7 Å². The zero-order chi connectivity index (χ0) is 16.3. The summed E-state index contributed by atoms with van der Waals surface area (Å²) in [6, 6.07) is 12.0. The first-order chi connectivity index (χ1) is 11.3. The molecule has 2 aromatic rings. The van der Waals surface area contributed by atoms with Gasteiger partial charge in [0, 0.05) is 31.2 Å². The van der Waals surface area contributed by atoms with Gasteiger partial charge in [0.05, 0.1) is 6.26 Å². The summed E-state index contributed by atoms with van der Waals surface area (Å²) in [5.41, 5.74) is 1.20. The second-order valence-electron chi connectivity index (χ2n) is 4.97. The predicted octanol–water partition coefficient (Wildman–Crippen LogP) is 3.93. The average molecular weight is 508 g/mol. The lowest BCUT2D eigenvalue weighted by atomic mass is 10.2. The number of hydrogen-bond donors (Lipinski definition) is 2. The Hall–Kier alpha value is -1.06. The highest BCUT2D eigenvalue weighted by Crippen LogP contribution is 2.11. The van der Waals surface area contributed by atoms with Crippen LogP contribution in [0.4, 0.5) is 0 Å². The molecule has 0 bridgehead atoms. The Kier molecular flexibility index (Phi) is 10.8. The molecule has 0 saturated heterocycles. The second-order valence-corrected chi connectivity index (χ2v) is 5.88. The van der Waals surface area contributed by atoms with Gasteiger partial charge in [-0.2, -0.15) is 0 Å². The quantitative estimate of drug-likeness (QED) is 0.246. The molecule has 7 heteroatoms. The molecule has 0 aliphatic carbocycles. The molecule has 0 fully saturated rings. The fourth-order valence-electron chi connectivity index (χ4n) is 2.00. The summed E-state index contributed by atoms with van der Waals surface area (Å²) in [6.45, 7) is 2.73. The van der Waals surface area contributed by atoms with Crippen LogP contribution in [0, 0.1) is 0 Å². The van der Waals surface area contributed by atoms with Crippen molar-refractivity contribution in [2.75, 3.05) is 20.2 Å². The minimum absolute atomic E-state index is 0. The summed E-state index contributed by atoms with van der Waals surface area (Å²) < 4.78 is 11.8. The van der Waals surface area contributed by atoms with Gasteiger partial charge in [0.15, 0.2) is 5.96 Å². The number of hydrogen-bond acceptors (Lipinski definition) is 3. The van der Waals surface area contributed by atoms with Gasteiger partial charge in [0.25, 0.3) is 0 Å². The number of aliphatic imine (C=N–C) groups is 1. The minimum Gasteiger partial charge on any atom is -0.467 e. The lowest BCUT2D eigenvalue weighted by molar-refractivity contribution is 0.105. The average Bonchev–Trinajstić information content (AvgIpc) is 3.07. The predicted molar refractivity (Wildman–Crippen MR) is 111 cm³/mol. The van der Waals surface area contributed by atoms with E-state index in [-0.39, 0.29) is 24.0 Å². The Morgan fingerprint density at radius 1 is 1.25 bits per heavy atom. The molecule has 1 heterocycles. The van der Waals surface area contributed by atoms with E-state index in [1.54, 1.807) is 13.3 Å². The SMILES string of the molecule is CN=C(NCCCOCc1ccco1)NCc1cccc(Br)c1.I. The van der Waals surface area contributed by atoms with E-state index in [1.165, 1.54) is 5.56 Å². The van der Waals surface area contributed by atoms with E-state index in [1.807, 2.05) is 24.3 Å². The number of furan rings is 1. The van der Waals surface area contributed by atoms with E-state index in [0.29, 0.717) is 13.2 Å². The van der Waals surface area contributed by atoms with Crippen LogP contribution >= 0.6 is 39.9 Å². The normalized spacial score (nSPS) is 11.0. The topological polar surface area (TPSA) is 58.8 Å². The van der Waals surface area contributed by atoms with Crippen molar-refractivity contribution in [2.24, 2.45) is 4.99 Å². The van der Waals surface area contributed by atoms with E-state index in [4.69, 9.17) is 9.15 Å². The van der Waals surface area contributed by atoms with Crippen LogP contribution in [-0.2, 0) is 17.9 Å². The summed E-state index contributed by atoms with van der Waals surface area (Å²) in [5.74, 6) is 1.64. The molecule has 2 rings (SSSR count). The number of rotatable bonds is 8. The van der Waals surface area contributed by atoms with Gasteiger partial charge in [-0.3, -0.25) is 4.99 Å². The van der Waals surface area contributed by atoms with Crippen molar-refractivity contribution in [3.63, 3.8) is 0 Å². The molecular formula is C17H23BrIN3O2. The van der Waals surface area contributed by atoms with Gasteiger partial charge in [-0.15, -0.1) is 24.0 Å². The maximum absolute atomic E-state index is 5.54. The summed E-state index contributed by atoms with van der Waals surface area (Å²) in [7, 11) is 1.77. The van der Waals surface area contributed by atoms with Gasteiger partial charge in [-0.05, 0) is 36.2 Å². The Bertz CT molecular complexity index is 606. The van der Waals surface area contributed by atoms with Gasteiger partial charge in [0.2, 0.25) is 0 Å². The third-order valence-electron chi connectivity index (χ3n) is 3.15. The molecule has 5 nitrogen and oxygen atoms in total. The van der Waals surface area contributed by atoms with E-state index in [2.05, 4.69) is 43.7 Å². The van der Waals surface area contributed by atoms with Crippen molar-refractivity contribution >= 4 is 45.9 Å². The number of nitrogens with one attached hydrogen (secondary N) is 2. The number of ether oxygens (including phenoxy) is 1. The van der Waals surface area contributed by atoms with Crippen molar-refractivity contribution in [3.05, 3.63) is 58.5 Å². The molecule has 24 heavy (non-hydrogen) atoms. The maximum Gasteiger partial charge on any atom is 0.191 e. The third-order valence-corrected chi connectivity index (χ3v) is 3.65. The van der Waals surface area contributed by atoms with Crippen LogP contribution < -0.4 is 10.6 Å². The highest BCUT2D eigenvalue weighted by atomic mass is 127. The summed E-state index contributed by atoms with van der Waals surface area (Å²) in [4.78, 5) is 4.21. The van der Waals surface area contributed by atoms with Gasteiger partial charge >= 0.3 is 0 Å². The molecule has 0 saturated carbocycles. The van der Waals surface area contributed by atoms with Crippen molar-refractivity contribution in [2.45, 2.75) is 19.6 Å². The maximum atomic E-state index is 5.54. The Morgan fingerprint density at radius 2 is 2.12 bits per heavy atom. The minimum atomic E-state index is 0. The van der Waals surface area contributed by atoms with Crippen LogP contribution in [0.3, 0.4) is 0 Å². The van der Waals surface area contributed by atoms with Crippen molar-refractivity contribution < 1.29 is 9.15 Å². The number of halogens is 2. The molecular weight excluding hydrogens is 485 g/mol. The van der Waals surface area contributed by atoms with Crippen LogP contribution in [-0.4, -0.2) is 26.2 Å². The molecule has 1 aromatic heterocycles. The highest BCUT2D eigenvalue weighted by Gasteiger charge is 1.99. The van der Waals surface area contributed by atoms with Gasteiger partial charge in [0.1, 0.15) is 12.4 Å². The van der Waals surface area contributed by atoms with Crippen LogP contribution in [0.5, 0.6) is 0 Å². The van der Waals surface area contributed by atoms with Crippen molar-refractivity contribution in [3.8, 4) is 0 Å². The second kappa shape index (κ2) is 12.3. The summed E-state index contributed by atoms with van der Waals surface area (Å²) in [5, 5.41) is 6.56. The molecule has 2 N–H and O–H groups in total. The first-order valence-electron chi connectivity index (χ1n) is 7.57. The molecule has 132 valence electrons. The first kappa shape index (κ1) is 21.0. The molecule has 0 amide bonds. The summed E-state index contributed by atoms with van der Waals surface area (Å²) in [6.07, 6.45) is 2.56. The Morgan fingerprint density at radius 3 is 2.83 bits per heavy atom. The van der Waals surface area contributed by atoms with Crippen LogP contribution in [0.15, 0.2) is 56.5 Å². The summed E-state index contributed by atoms with van der Waals surface area (Å²) >= 11 is 3.47. The van der Waals surface area contributed by atoms with Crippen LogP contribution in [0.25, 0.3) is 0 Å². The fourth-order valence-corrected chi connectivity index (χ4v) is 2.45. The Balaban J connectivity index is 0.00000288. The van der Waals surface area contributed by atoms with Crippen molar-refractivity contribution in [1.29, 1.82) is 0 Å². The lowest BCUT2D eigenvalue weighted by Gasteiger charge is -2.12. The van der Waals surface area contributed by atoms with Gasteiger partial charge in [-0.1, -0.05) is 28.1 Å². The third kappa shape index (κ3) is 8.16. The molecule has 0 unspecified atom stereocenters. The van der Waals surface area contributed by atoms with Gasteiger partial charge in [-0.25, -0.2) is 0 Å². The van der Waals surface area contributed by atoms with E-state index in [0.717, 1.165) is 35.7 Å². The standard InChI is InChI=1S/C17H22BrN3O2.HI/c1-19-17(21-12-14-5-2-6-15(18)11-14)20-8-4-9-22-13-16-7-3-10-23-16;/h2-3,5-7,10-11H,4,8-9,12-13H2,1H3,(H2,19,20,21);1H. The molecule has 0 aliphatic heterocycles. The number of guanidine groups is 1. The van der Waals surface area contributed by atoms with Crippen molar-refractivity contribution in [1.82, 2.24) is 10.6 Å². The number of benzene rings is 1. The highest BCUT2D eigenvalue weighted by molar-refractivity contribution is 14.0. The molecule has 1 aromatic carbocycles. The van der Waals surface area contributed by atoms with Gasteiger partial charge < -0.3 is 19.8 Å². The smallest absolute Gasteiger partial charge is 0.191 e. The molecule has 0 radical (unpaired) electrons. The first-order valence-corrected chi connectivity index (χ1v) is 8.36.